The minimum absolute atomic E-state index is 0. The minimum Gasteiger partial charge on any atom is -0.497 e. The van der Waals surface area contributed by atoms with Crippen molar-refractivity contribution in [1.82, 2.24) is 0 Å². The topological polar surface area (TPSA) is 84.6 Å². The lowest BCUT2D eigenvalue weighted by molar-refractivity contribution is 0.0698. The van der Waals surface area contributed by atoms with Gasteiger partial charge < -0.3 is 15.3 Å². The molecule has 0 radical (unpaired) electrons. The molecule has 0 aliphatic carbocycles. The molecule has 1 rings (SSSR count). The van der Waals surface area contributed by atoms with E-state index in [0.29, 0.717) is 11.4 Å². The summed E-state index contributed by atoms with van der Waals surface area (Å²) in [6.07, 6.45) is 0. The van der Waals surface area contributed by atoms with Crippen LogP contribution in [0.1, 0.15) is 10.4 Å². The standard InChI is InChI=1S/C8H10N2O3.ClH/c1-13-5-2-3-6(8(11)12)7(4-5)10-9;/h2-4,10H,9H2,1H3,(H,11,12);1H. The molecule has 0 heterocycles. The number of nitrogen functional groups attached to an aromatic ring is 1. The average molecular weight is 219 g/mol. The Morgan fingerprint density at radius 2 is 2.21 bits per heavy atom. The van der Waals surface area contributed by atoms with Crippen LogP contribution < -0.4 is 16.0 Å². The van der Waals surface area contributed by atoms with Crippen molar-refractivity contribution in [3.63, 3.8) is 0 Å². The lowest BCUT2D eigenvalue weighted by Gasteiger charge is -2.06. The number of carboxylic acids is 1. The Balaban J connectivity index is 0.00000169. The summed E-state index contributed by atoms with van der Waals surface area (Å²) in [5, 5.41) is 8.72. The van der Waals surface area contributed by atoms with Crippen LogP contribution in [0.25, 0.3) is 0 Å². The molecule has 5 nitrogen and oxygen atoms in total. The number of aromatic carboxylic acids is 1. The zero-order valence-electron chi connectivity index (χ0n) is 7.48. The van der Waals surface area contributed by atoms with Gasteiger partial charge in [-0.2, -0.15) is 0 Å². The molecule has 0 atom stereocenters. The van der Waals surface area contributed by atoms with E-state index < -0.39 is 5.97 Å². The fraction of sp³-hybridized carbons (Fsp3) is 0.125. The maximum absolute atomic E-state index is 10.6. The number of rotatable bonds is 3. The van der Waals surface area contributed by atoms with E-state index >= 15 is 0 Å². The van der Waals surface area contributed by atoms with Crippen molar-refractivity contribution < 1.29 is 14.6 Å². The maximum Gasteiger partial charge on any atom is 0.337 e. The van der Waals surface area contributed by atoms with Gasteiger partial charge in [0.1, 0.15) is 5.75 Å². The molecule has 0 fully saturated rings. The number of hydrazine groups is 1. The van der Waals surface area contributed by atoms with E-state index in [0.717, 1.165) is 0 Å². The van der Waals surface area contributed by atoms with Crippen molar-refractivity contribution in [3.8, 4) is 5.75 Å². The van der Waals surface area contributed by atoms with Gasteiger partial charge in [0.2, 0.25) is 0 Å². The summed E-state index contributed by atoms with van der Waals surface area (Å²) in [4.78, 5) is 10.6. The number of ether oxygens (including phenoxy) is 1. The van der Waals surface area contributed by atoms with Gasteiger partial charge in [-0.05, 0) is 12.1 Å². The van der Waals surface area contributed by atoms with E-state index in [4.69, 9.17) is 15.7 Å². The Labute approximate surface area is 87.2 Å². The van der Waals surface area contributed by atoms with Gasteiger partial charge in [0.05, 0.1) is 18.4 Å². The average Bonchev–Trinajstić information content (AvgIpc) is 2.16. The first-order valence-corrected chi connectivity index (χ1v) is 3.57. The molecule has 78 valence electrons. The first kappa shape index (κ1) is 12.5. The van der Waals surface area contributed by atoms with Crippen LogP contribution in [0.15, 0.2) is 18.2 Å². The summed E-state index contributed by atoms with van der Waals surface area (Å²) in [5.74, 6) is 4.66. The van der Waals surface area contributed by atoms with Gasteiger partial charge >= 0.3 is 5.97 Å². The van der Waals surface area contributed by atoms with Crippen molar-refractivity contribution in [2.45, 2.75) is 0 Å². The second-order valence-corrected chi connectivity index (χ2v) is 2.36. The smallest absolute Gasteiger partial charge is 0.337 e. The number of hydrogen-bond acceptors (Lipinski definition) is 4. The third kappa shape index (κ3) is 2.51. The first-order valence-electron chi connectivity index (χ1n) is 3.57. The molecule has 1 aromatic rings. The molecule has 0 aromatic heterocycles. The van der Waals surface area contributed by atoms with Gasteiger partial charge in [-0.3, -0.25) is 5.84 Å². The molecule has 0 amide bonds. The third-order valence-corrected chi connectivity index (χ3v) is 1.61. The van der Waals surface area contributed by atoms with Gasteiger partial charge in [-0.1, -0.05) is 0 Å². The monoisotopic (exact) mass is 218 g/mol. The Morgan fingerprint density at radius 3 is 2.64 bits per heavy atom. The van der Waals surface area contributed by atoms with Crippen molar-refractivity contribution in [3.05, 3.63) is 23.8 Å². The third-order valence-electron chi connectivity index (χ3n) is 1.61. The molecule has 1 aromatic carbocycles. The molecule has 6 heteroatoms. The number of carbonyl (C=O) groups is 1. The van der Waals surface area contributed by atoms with Crippen molar-refractivity contribution in [2.24, 2.45) is 5.84 Å². The first-order chi connectivity index (χ1) is 6.19. The molecule has 0 aliphatic rings. The summed E-state index contributed by atoms with van der Waals surface area (Å²) in [5.41, 5.74) is 2.73. The van der Waals surface area contributed by atoms with E-state index in [1.807, 2.05) is 0 Å². The lowest BCUT2D eigenvalue weighted by atomic mass is 10.2. The summed E-state index contributed by atoms with van der Waals surface area (Å²) in [6.45, 7) is 0. The number of benzene rings is 1. The second kappa shape index (κ2) is 5.31. The number of hydrogen-bond donors (Lipinski definition) is 3. The summed E-state index contributed by atoms with van der Waals surface area (Å²) in [7, 11) is 1.50. The number of carboxylic acid groups (broad SMARTS) is 1. The highest BCUT2D eigenvalue weighted by atomic mass is 35.5. The highest BCUT2D eigenvalue weighted by Crippen LogP contribution is 2.21. The van der Waals surface area contributed by atoms with Crippen LogP contribution in [0.2, 0.25) is 0 Å². The fourth-order valence-corrected chi connectivity index (χ4v) is 0.956. The van der Waals surface area contributed by atoms with Crippen LogP contribution in [0.3, 0.4) is 0 Å². The Morgan fingerprint density at radius 1 is 1.57 bits per heavy atom. The van der Waals surface area contributed by atoms with Crippen LogP contribution in [-0.4, -0.2) is 18.2 Å². The van der Waals surface area contributed by atoms with Gasteiger partial charge in [0.25, 0.3) is 0 Å². The van der Waals surface area contributed by atoms with Gasteiger partial charge in [-0.15, -0.1) is 12.4 Å². The quantitative estimate of drug-likeness (QED) is 0.523. The van der Waals surface area contributed by atoms with Crippen LogP contribution in [-0.2, 0) is 0 Å². The Kier molecular flexibility index (Phi) is 4.76. The van der Waals surface area contributed by atoms with Gasteiger partial charge in [0, 0.05) is 6.07 Å². The molecular formula is C8H11ClN2O3. The number of nitrogens with two attached hydrogens (primary N) is 1. The number of anilines is 1. The summed E-state index contributed by atoms with van der Waals surface area (Å²) in [6, 6.07) is 4.50. The van der Waals surface area contributed by atoms with E-state index in [1.54, 1.807) is 6.07 Å². The fourth-order valence-electron chi connectivity index (χ4n) is 0.956. The van der Waals surface area contributed by atoms with Gasteiger partial charge in [-0.25, -0.2) is 4.79 Å². The molecule has 0 spiro atoms. The number of halogens is 1. The molecule has 0 bridgehead atoms. The maximum atomic E-state index is 10.6. The summed E-state index contributed by atoms with van der Waals surface area (Å²) >= 11 is 0. The van der Waals surface area contributed by atoms with Crippen molar-refractivity contribution in [2.75, 3.05) is 12.5 Å². The SMILES string of the molecule is COc1ccc(C(=O)O)c(NN)c1.Cl. The molecule has 4 N–H and O–H groups in total. The van der Waals surface area contributed by atoms with Crippen LogP contribution in [0.4, 0.5) is 5.69 Å². The Bertz CT molecular complexity index is 330. The number of methoxy groups -OCH3 is 1. The highest BCUT2D eigenvalue weighted by Gasteiger charge is 2.09. The Hall–Kier alpha value is -1.46. The van der Waals surface area contributed by atoms with Crippen molar-refractivity contribution >= 4 is 24.1 Å². The molecule has 0 unspecified atom stereocenters. The highest BCUT2D eigenvalue weighted by molar-refractivity contribution is 5.94. The molecule has 0 aliphatic heterocycles. The van der Waals surface area contributed by atoms with E-state index in [9.17, 15) is 4.79 Å². The van der Waals surface area contributed by atoms with Gasteiger partial charge in [0.15, 0.2) is 0 Å². The normalized spacial score (nSPS) is 8.71. The summed E-state index contributed by atoms with van der Waals surface area (Å²) < 4.78 is 4.90. The molecule has 0 saturated heterocycles. The predicted octanol–water partition coefficient (Wildman–Crippen LogP) is 1.10. The van der Waals surface area contributed by atoms with Crippen LogP contribution >= 0.6 is 12.4 Å². The van der Waals surface area contributed by atoms with E-state index in [2.05, 4.69) is 5.43 Å². The van der Waals surface area contributed by atoms with E-state index in [-0.39, 0.29) is 18.0 Å². The minimum atomic E-state index is -1.03. The van der Waals surface area contributed by atoms with E-state index in [1.165, 1.54) is 19.2 Å². The zero-order valence-corrected chi connectivity index (χ0v) is 8.30. The second-order valence-electron chi connectivity index (χ2n) is 2.36. The molecular weight excluding hydrogens is 208 g/mol. The number of nitrogens with one attached hydrogen (secondary N) is 1. The lowest BCUT2D eigenvalue weighted by Crippen LogP contribution is -2.11. The van der Waals surface area contributed by atoms with Crippen LogP contribution in [0.5, 0.6) is 5.75 Å². The zero-order chi connectivity index (χ0) is 9.84. The molecule has 14 heavy (non-hydrogen) atoms. The molecule has 0 saturated carbocycles. The predicted molar refractivity (Wildman–Crippen MR) is 55.0 cm³/mol. The van der Waals surface area contributed by atoms with Crippen LogP contribution in [0, 0.1) is 0 Å². The largest absolute Gasteiger partial charge is 0.497 e. The van der Waals surface area contributed by atoms with Crippen molar-refractivity contribution in [1.29, 1.82) is 0 Å².